The quantitative estimate of drug-likeness (QED) is 0.410. The fourth-order valence-electron chi connectivity index (χ4n) is 2.95. The SMILES string of the molecule is O=C(COC(=O)c1cc(-c2ccc(Cl)cc2)nc2ccccc12)Nc1ccc(Cl)cn1. The number of fused-ring (bicyclic) bond motifs is 1. The number of rotatable bonds is 5. The van der Waals surface area contributed by atoms with Crippen molar-refractivity contribution in [1.29, 1.82) is 0 Å². The van der Waals surface area contributed by atoms with Crippen LogP contribution in [0.5, 0.6) is 0 Å². The molecule has 0 saturated carbocycles. The van der Waals surface area contributed by atoms with Gasteiger partial charge in [-0.3, -0.25) is 4.79 Å². The molecule has 0 spiro atoms. The number of nitrogens with one attached hydrogen (secondary N) is 1. The van der Waals surface area contributed by atoms with Crippen LogP contribution in [0.25, 0.3) is 22.2 Å². The lowest BCUT2D eigenvalue weighted by Gasteiger charge is -2.10. The number of para-hydroxylation sites is 1. The summed E-state index contributed by atoms with van der Waals surface area (Å²) in [6.07, 6.45) is 1.41. The van der Waals surface area contributed by atoms with Gasteiger partial charge in [-0.15, -0.1) is 0 Å². The minimum atomic E-state index is -0.631. The molecule has 0 aliphatic rings. The molecule has 0 aliphatic heterocycles. The van der Waals surface area contributed by atoms with E-state index in [4.69, 9.17) is 27.9 Å². The van der Waals surface area contributed by atoms with Crippen molar-refractivity contribution >= 4 is 51.8 Å². The molecule has 4 rings (SSSR count). The third kappa shape index (κ3) is 4.99. The maximum atomic E-state index is 12.8. The predicted octanol–water partition coefficient (Wildman–Crippen LogP) is 5.40. The van der Waals surface area contributed by atoms with Crippen LogP contribution in [-0.2, 0) is 9.53 Å². The van der Waals surface area contributed by atoms with Crippen molar-refractivity contribution in [2.75, 3.05) is 11.9 Å². The molecule has 6 nitrogen and oxygen atoms in total. The Balaban J connectivity index is 1.55. The number of hydrogen-bond acceptors (Lipinski definition) is 5. The summed E-state index contributed by atoms with van der Waals surface area (Å²) in [6.45, 7) is -0.462. The van der Waals surface area contributed by atoms with Gasteiger partial charge in [0.05, 0.1) is 21.8 Å². The molecule has 1 amide bonds. The topological polar surface area (TPSA) is 81.2 Å². The Morgan fingerprint density at radius 1 is 0.935 bits per heavy atom. The molecule has 0 bridgehead atoms. The molecule has 0 saturated heterocycles. The summed E-state index contributed by atoms with van der Waals surface area (Å²) in [6, 6.07) is 19.2. The molecule has 0 aliphatic carbocycles. The number of pyridine rings is 2. The molecule has 1 N–H and O–H groups in total. The van der Waals surface area contributed by atoms with Crippen molar-refractivity contribution in [2.45, 2.75) is 0 Å². The monoisotopic (exact) mass is 451 g/mol. The highest BCUT2D eigenvalue weighted by atomic mass is 35.5. The van der Waals surface area contributed by atoms with Gasteiger partial charge in [0, 0.05) is 22.2 Å². The third-order valence-corrected chi connectivity index (χ3v) is 4.88. The highest BCUT2D eigenvalue weighted by molar-refractivity contribution is 6.30. The molecule has 0 atom stereocenters. The molecule has 2 aromatic carbocycles. The molecule has 8 heteroatoms. The second-order valence-electron chi connectivity index (χ2n) is 6.57. The van der Waals surface area contributed by atoms with Gasteiger partial charge in [0.15, 0.2) is 6.61 Å². The minimum Gasteiger partial charge on any atom is -0.452 e. The molecule has 0 unspecified atom stereocenters. The normalized spacial score (nSPS) is 10.6. The maximum absolute atomic E-state index is 12.8. The van der Waals surface area contributed by atoms with Crippen LogP contribution in [0, 0.1) is 0 Å². The molecule has 154 valence electrons. The third-order valence-electron chi connectivity index (χ3n) is 4.41. The Hall–Kier alpha value is -3.48. The summed E-state index contributed by atoms with van der Waals surface area (Å²) < 4.78 is 5.25. The van der Waals surface area contributed by atoms with Crippen LogP contribution >= 0.6 is 23.2 Å². The van der Waals surface area contributed by atoms with E-state index in [0.717, 1.165) is 5.56 Å². The van der Waals surface area contributed by atoms with Crippen molar-refractivity contribution in [1.82, 2.24) is 9.97 Å². The van der Waals surface area contributed by atoms with Gasteiger partial charge < -0.3 is 10.1 Å². The molecule has 2 aromatic heterocycles. The van der Waals surface area contributed by atoms with Gasteiger partial charge in [-0.25, -0.2) is 14.8 Å². The van der Waals surface area contributed by atoms with E-state index in [-0.39, 0.29) is 0 Å². The summed E-state index contributed by atoms with van der Waals surface area (Å²) in [4.78, 5) is 33.5. The van der Waals surface area contributed by atoms with E-state index < -0.39 is 18.5 Å². The Labute approximate surface area is 187 Å². The van der Waals surface area contributed by atoms with E-state index in [0.29, 0.717) is 38.0 Å². The number of ether oxygens (including phenoxy) is 1. The largest absolute Gasteiger partial charge is 0.452 e. The smallest absolute Gasteiger partial charge is 0.339 e. The molecule has 4 aromatic rings. The van der Waals surface area contributed by atoms with Crippen LogP contribution in [0.2, 0.25) is 10.0 Å². The van der Waals surface area contributed by atoms with Gasteiger partial charge in [0.2, 0.25) is 0 Å². The van der Waals surface area contributed by atoms with Gasteiger partial charge in [0.25, 0.3) is 5.91 Å². The zero-order valence-electron chi connectivity index (χ0n) is 16.0. The predicted molar refractivity (Wildman–Crippen MR) is 120 cm³/mol. The number of hydrogen-bond donors (Lipinski definition) is 1. The molecule has 2 heterocycles. The minimum absolute atomic E-state index is 0.310. The highest BCUT2D eigenvalue weighted by Crippen LogP contribution is 2.26. The van der Waals surface area contributed by atoms with E-state index in [1.807, 2.05) is 30.3 Å². The highest BCUT2D eigenvalue weighted by Gasteiger charge is 2.17. The van der Waals surface area contributed by atoms with Crippen molar-refractivity contribution in [3.05, 3.63) is 88.5 Å². The van der Waals surface area contributed by atoms with Crippen LogP contribution < -0.4 is 5.32 Å². The molecule has 0 fully saturated rings. The lowest BCUT2D eigenvalue weighted by Crippen LogP contribution is -2.21. The number of esters is 1. The lowest BCUT2D eigenvalue weighted by atomic mass is 10.0. The molecular formula is C23H15Cl2N3O3. The van der Waals surface area contributed by atoms with Crippen LogP contribution in [0.4, 0.5) is 5.82 Å². The fourth-order valence-corrected chi connectivity index (χ4v) is 3.19. The Morgan fingerprint density at radius 3 is 2.42 bits per heavy atom. The number of anilines is 1. The Bertz CT molecular complexity index is 1260. The zero-order chi connectivity index (χ0) is 21.8. The average molecular weight is 452 g/mol. The summed E-state index contributed by atoms with van der Waals surface area (Å²) >= 11 is 11.7. The number of halogens is 2. The van der Waals surface area contributed by atoms with Crippen LogP contribution in [0.15, 0.2) is 72.9 Å². The first kappa shape index (κ1) is 20.8. The van der Waals surface area contributed by atoms with Crippen molar-refractivity contribution in [2.24, 2.45) is 0 Å². The first-order valence-corrected chi connectivity index (χ1v) is 9.99. The Kier molecular flexibility index (Phi) is 6.11. The first-order valence-electron chi connectivity index (χ1n) is 9.24. The van der Waals surface area contributed by atoms with Crippen molar-refractivity contribution in [3.8, 4) is 11.3 Å². The van der Waals surface area contributed by atoms with E-state index in [1.54, 1.807) is 36.4 Å². The Morgan fingerprint density at radius 2 is 1.68 bits per heavy atom. The van der Waals surface area contributed by atoms with Crippen molar-refractivity contribution < 1.29 is 14.3 Å². The van der Waals surface area contributed by atoms with Gasteiger partial charge in [-0.2, -0.15) is 0 Å². The van der Waals surface area contributed by atoms with Crippen LogP contribution in [0.1, 0.15) is 10.4 Å². The van der Waals surface area contributed by atoms with Gasteiger partial charge >= 0.3 is 5.97 Å². The number of nitrogens with zero attached hydrogens (tertiary/aromatic N) is 2. The first-order chi connectivity index (χ1) is 15.0. The standard InChI is InChI=1S/C23H15Cl2N3O3/c24-15-7-5-14(6-8-15)20-11-18(17-3-1-2-4-19(17)27-20)23(30)31-13-22(29)28-21-10-9-16(25)12-26-21/h1-12H,13H2,(H,26,28,29). The zero-order valence-corrected chi connectivity index (χ0v) is 17.5. The second kappa shape index (κ2) is 9.12. The summed E-state index contributed by atoms with van der Waals surface area (Å²) in [5.74, 6) is -0.836. The molecular weight excluding hydrogens is 437 g/mol. The fraction of sp³-hybridized carbons (Fsp3) is 0.0435. The van der Waals surface area contributed by atoms with E-state index in [9.17, 15) is 9.59 Å². The van der Waals surface area contributed by atoms with Crippen LogP contribution in [-0.4, -0.2) is 28.5 Å². The summed E-state index contributed by atoms with van der Waals surface area (Å²) in [7, 11) is 0. The average Bonchev–Trinajstić information content (AvgIpc) is 2.79. The molecule has 0 radical (unpaired) electrons. The van der Waals surface area contributed by atoms with Gasteiger partial charge in [-0.1, -0.05) is 53.5 Å². The van der Waals surface area contributed by atoms with Crippen molar-refractivity contribution in [3.63, 3.8) is 0 Å². The number of carbonyl (C=O) groups excluding carboxylic acids is 2. The van der Waals surface area contributed by atoms with E-state index in [2.05, 4.69) is 15.3 Å². The van der Waals surface area contributed by atoms with E-state index in [1.165, 1.54) is 6.20 Å². The molecule has 31 heavy (non-hydrogen) atoms. The lowest BCUT2D eigenvalue weighted by molar-refractivity contribution is -0.119. The number of carbonyl (C=O) groups is 2. The number of amides is 1. The second-order valence-corrected chi connectivity index (χ2v) is 7.44. The summed E-state index contributed by atoms with van der Waals surface area (Å²) in [5.41, 5.74) is 2.34. The van der Waals surface area contributed by atoms with Gasteiger partial charge in [0.1, 0.15) is 5.82 Å². The maximum Gasteiger partial charge on any atom is 0.339 e. The van der Waals surface area contributed by atoms with Gasteiger partial charge in [-0.05, 0) is 36.4 Å². The number of aromatic nitrogens is 2. The number of benzene rings is 2. The van der Waals surface area contributed by atoms with E-state index >= 15 is 0 Å². The summed E-state index contributed by atoms with van der Waals surface area (Å²) in [5, 5.41) is 4.23. The van der Waals surface area contributed by atoms with Crippen LogP contribution in [0.3, 0.4) is 0 Å².